The molecule has 1 fully saturated rings. The van der Waals surface area contributed by atoms with Crippen molar-refractivity contribution in [2.45, 2.75) is 56.4 Å². The fraction of sp³-hybridized carbons (Fsp3) is 0.667. The number of nitrogens with zero attached hydrogens (tertiary/aromatic N) is 1. The molecule has 2 atom stereocenters. The lowest BCUT2D eigenvalue weighted by Crippen LogP contribution is -2.51. The molecule has 19 heavy (non-hydrogen) atoms. The van der Waals surface area contributed by atoms with E-state index in [0.717, 1.165) is 16.0 Å². The molecular formula is C15H23BrN2S. The molecule has 1 aliphatic rings. The van der Waals surface area contributed by atoms with E-state index in [0.29, 0.717) is 16.7 Å². The summed E-state index contributed by atoms with van der Waals surface area (Å²) in [7, 11) is 0. The van der Waals surface area contributed by atoms with Crippen molar-refractivity contribution in [3.8, 4) is 0 Å². The summed E-state index contributed by atoms with van der Waals surface area (Å²) in [4.78, 5) is 4.50. The van der Waals surface area contributed by atoms with Crippen molar-refractivity contribution in [1.82, 2.24) is 10.3 Å². The van der Waals surface area contributed by atoms with E-state index in [9.17, 15) is 0 Å². The van der Waals surface area contributed by atoms with Gasteiger partial charge in [0, 0.05) is 22.0 Å². The zero-order valence-corrected chi connectivity index (χ0v) is 14.4. The summed E-state index contributed by atoms with van der Waals surface area (Å²) < 4.78 is 1.11. The quantitative estimate of drug-likeness (QED) is 0.872. The lowest BCUT2D eigenvalue weighted by atomic mass is 9.73. The SMILES string of the molecule is CCNC1C(Sc2ncccc2Br)CCCC1(C)C. The standard InChI is InChI=1S/C15H23BrN2S/c1-4-17-13-12(8-5-9-15(13,2)3)19-14-11(16)7-6-10-18-14/h6-7,10,12-13,17H,4-5,8-9H2,1-3H3. The van der Waals surface area contributed by atoms with E-state index in [-0.39, 0.29) is 0 Å². The number of rotatable bonds is 4. The van der Waals surface area contributed by atoms with Crippen molar-refractivity contribution >= 4 is 27.7 Å². The third-order valence-corrected chi connectivity index (χ3v) is 6.20. The number of thioether (sulfide) groups is 1. The van der Waals surface area contributed by atoms with Crippen LogP contribution in [0, 0.1) is 5.41 Å². The molecule has 2 rings (SSSR count). The van der Waals surface area contributed by atoms with Gasteiger partial charge < -0.3 is 5.32 Å². The van der Waals surface area contributed by atoms with Crippen molar-refractivity contribution in [3.05, 3.63) is 22.8 Å². The van der Waals surface area contributed by atoms with Gasteiger partial charge in [-0.2, -0.15) is 0 Å². The number of aromatic nitrogens is 1. The van der Waals surface area contributed by atoms with Crippen LogP contribution in [0.1, 0.15) is 40.0 Å². The molecule has 0 aromatic carbocycles. The first-order valence-corrected chi connectivity index (χ1v) is 8.72. The van der Waals surface area contributed by atoms with Crippen LogP contribution < -0.4 is 5.32 Å². The highest BCUT2D eigenvalue weighted by Crippen LogP contribution is 2.43. The molecule has 0 bridgehead atoms. The second kappa shape index (κ2) is 6.59. The maximum Gasteiger partial charge on any atom is 0.110 e. The Bertz CT molecular complexity index is 422. The predicted octanol–water partition coefficient (Wildman–Crippen LogP) is 4.49. The Morgan fingerprint density at radius 3 is 3.00 bits per heavy atom. The third-order valence-electron chi connectivity index (χ3n) is 3.94. The number of hydrogen-bond donors (Lipinski definition) is 1. The van der Waals surface area contributed by atoms with Crippen molar-refractivity contribution < 1.29 is 0 Å². The molecule has 0 aliphatic heterocycles. The summed E-state index contributed by atoms with van der Waals surface area (Å²) >= 11 is 5.53. The van der Waals surface area contributed by atoms with Gasteiger partial charge >= 0.3 is 0 Å². The number of halogens is 1. The van der Waals surface area contributed by atoms with Crippen molar-refractivity contribution in [2.24, 2.45) is 5.41 Å². The Labute approximate surface area is 129 Å². The minimum atomic E-state index is 0.368. The highest BCUT2D eigenvalue weighted by Gasteiger charge is 2.39. The van der Waals surface area contributed by atoms with Gasteiger partial charge in [-0.1, -0.05) is 27.2 Å². The predicted molar refractivity (Wildman–Crippen MR) is 86.7 cm³/mol. The Morgan fingerprint density at radius 2 is 2.32 bits per heavy atom. The summed E-state index contributed by atoms with van der Waals surface area (Å²) in [6.07, 6.45) is 5.78. The molecule has 1 aromatic heterocycles. The van der Waals surface area contributed by atoms with E-state index in [1.807, 2.05) is 24.0 Å². The first-order chi connectivity index (χ1) is 9.04. The molecule has 1 N–H and O–H groups in total. The summed E-state index contributed by atoms with van der Waals surface area (Å²) in [5.74, 6) is 0. The van der Waals surface area contributed by atoms with Gasteiger partial charge in [0.25, 0.3) is 0 Å². The van der Waals surface area contributed by atoms with Crippen LogP contribution in [0.4, 0.5) is 0 Å². The van der Waals surface area contributed by atoms with E-state index in [1.165, 1.54) is 19.3 Å². The molecule has 2 unspecified atom stereocenters. The van der Waals surface area contributed by atoms with Crippen molar-refractivity contribution in [2.75, 3.05) is 6.54 Å². The molecule has 0 spiro atoms. The maximum atomic E-state index is 4.50. The number of hydrogen-bond acceptors (Lipinski definition) is 3. The van der Waals surface area contributed by atoms with Gasteiger partial charge in [-0.05, 0) is 52.9 Å². The number of pyridine rings is 1. The minimum absolute atomic E-state index is 0.368. The zero-order chi connectivity index (χ0) is 13.9. The smallest absolute Gasteiger partial charge is 0.110 e. The average molecular weight is 343 g/mol. The first kappa shape index (κ1) is 15.3. The van der Waals surface area contributed by atoms with Crippen LogP contribution in [-0.4, -0.2) is 22.8 Å². The van der Waals surface area contributed by atoms with Gasteiger partial charge in [0.2, 0.25) is 0 Å². The van der Waals surface area contributed by atoms with E-state index >= 15 is 0 Å². The van der Waals surface area contributed by atoms with Crippen LogP contribution in [0.15, 0.2) is 27.8 Å². The molecule has 0 amide bonds. The summed E-state index contributed by atoms with van der Waals surface area (Å²) in [6, 6.07) is 4.61. The van der Waals surface area contributed by atoms with Crippen LogP contribution >= 0.6 is 27.7 Å². The second-order valence-electron chi connectivity index (χ2n) is 5.86. The Hall–Kier alpha value is -0.0600. The molecule has 1 aromatic rings. The van der Waals surface area contributed by atoms with Crippen LogP contribution in [0.3, 0.4) is 0 Å². The molecule has 1 aliphatic carbocycles. The van der Waals surface area contributed by atoms with Crippen molar-refractivity contribution in [3.63, 3.8) is 0 Å². The van der Waals surface area contributed by atoms with E-state index in [4.69, 9.17) is 0 Å². The molecule has 1 saturated carbocycles. The van der Waals surface area contributed by atoms with E-state index in [2.05, 4.69) is 53.1 Å². The molecule has 0 saturated heterocycles. The lowest BCUT2D eigenvalue weighted by Gasteiger charge is -2.44. The average Bonchev–Trinajstić information content (AvgIpc) is 2.36. The Balaban J connectivity index is 2.15. The number of nitrogens with one attached hydrogen (secondary N) is 1. The fourth-order valence-corrected chi connectivity index (χ4v) is 4.95. The molecule has 2 nitrogen and oxygen atoms in total. The minimum Gasteiger partial charge on any atom is -0.313 e. The van der Waals surface area contributed by atoms with Gasteiger partial charge in [-0.3, -0.25) is 0 Å². The first-order valence-electron chi connectivity index (χ1n) is 7.05. The Morgan fingerprint density at radius 1 is 1.53 bits per heavy atom. The highest BCUT2D eigenvalue weighted by atomic mass is 79.9. The van der Waals surface area contributed by atoms with Gasteiger partial charge in [0.05, 0.1) is 0 Å². The molecule has 0 radical (unpaired) electrons. The van der Waals surface area contributed by atoms with Gasteiger partial charge in [-0.25, -0.2) is 4.98 Å². The van der Waals surface area contributed by atoms with Crippen LogP contribution in [0.5, 0.6) is 0 Å². The van der Waals surface area contributed by atoms with Crippen LogP contribution in [0.25, 0.3) is 0 Å². The largest absolute Gasteiger partial charge is 0.313 e. The topological polar surface area (TPSA) is 24.9 Å². The molecule has 106 valence electrons. The molecular weight excluding hydrogens is 320 g/mol. The normalized spacial score (nSPS) is 26.3. The lowest BCUT2D eigenvalue weighted by molar-refractivity contribution is 0.176. The maximum absolute atomic E-state index is 4.50. The van der Waals surface area contributed by atoms with Crippen LogP contribution in [-0.2, 0) is 0 Å². The van der Waals surface area contributed by atoms with E-state index < -0.39 is 0 Å². The molecule has 1 heterocycles. The van der Waals surface area contributed by atoms with Crippen molar-refractivity contribution in [1.29, 1.82) is 0 Å². The fourth-order valence-electron chi connectivity index (χ4n) is 2.94. The van der Waals surface area contributed by atoms with Gasteiger partial charge in [0.1, 0.15) is 5.03 Å². The second-order valence-corrected chi connectivity index (χ2v) is 7.95. The van der Waals surface area contributed by atoms with E-state index in [1.54, 1.807) is 0 Å². The van der Waals surface area contributed by atoms with Gasteiger partial charge in [0.15, 0.2) is 0 Å². The van der Waals surface area contributed by atoms with Crippen LogP contribution in [0.2, 0.25) is 0 Å². The summed E-state index contributed by atoms with van der Waals surface area (Å²) in [5.41, 5.74) is 0.368. The Kier molecular flexibility index (Phi) is 5.32. The third kappa shape index (κ3) is 3.73. The van der Waals surface area contributed by atoms with Gasteiger partial charge in [-0.15, -0.1) is 11.8 Å². The zero-order valence-electron chi connectivity index (χ0n) is 11.9. The molecule has 4 heteroatoms. The monoisotopic (exact) mass is 342 g/mol. The highest BCUT2D eigenvalue weighted by molar-refractivity contribution is 9.10. The summed E-state index contributed by atoms with van der Waals surface area (Å²) in [6.45, 7) is 8.01. The summed E-state index contributed by atoms with van der Waals surface area (Å²) in [5, 5.41) is 5.43.